The molecule has 9 heteroatoms. The number of halogens is 2. The monoisotopic (exact) mass is 321 g/mol. The first-order valence-electron chi connectivity index (χ1n) is 5.86. The number of carbonyl (C=O) groups excluding carboxylic acids is 1. The number of hydrogen-bond donors (Lipinski definition) is 2. The van der Waals surface area contributed by atoms with Crippen molar-refractivity contribution in [1.29, 1.82) is 0 Å². The highest BCUT2D eigenvalue weighted by Crippen LogP contribution is 2.32. The minimum absolute atomic E-state index is 0.0687. The van der Waals surface area contributed by atoms with E-state index in [0.29, 0.717) is 12.1 Å². The molecule has 1 aromatic carbocycles. The zero-order valence-corrected chi connectivity index (χ0v) is 11.8. The van der Waals surface area contributed by atoms with Gasteiger partial charge in [-0.2, -0.15) is 4.39 Å². The molecule has 21 heavy (non-hydrogen) atoms. The van der Waals surface area contributed by atoms with E-state index < -0.39 is 40.0 Å². The standard InChI is InChI=1S/C12H13F2NO5S/c1-6(16)21-3-2-10(17)12(18)8-4-7(13)5-9(14)11(8)15(19)20/h4-5,10,12,17-18H,2-3H2,1H3. The summed E-state index contributed by atoms with van der Waals surface area (Å²) < 4.78 is 26.6. The first-order valence-corrected chi connectivity index (χ1v) is 6.85. The van der Waals surface area contributed by atoms with Crippen LogP contribution in [0.4, 0.5) is 14.5 Å². The van der Waals surface area contributed by atoms with Crippen LogP contribution >= 0.6 is 11.8 Å². The van der Waals surface area contributed by atoms with Crippen molar-refractivity contribution < 1.29 is 28.7 Å². The van der Waals surface area contributed by atoms with Crippen LogP contribution in [0.15, 0.2) is 12.1 Å². The van der Waals surface area contributed by atoms with Gasteiger partial charge in [-0.05, 0) is 12.5 Å². The van der Waals surface area contributed by atoms with E-state index in [2.05, 4.69) is 0 Å². The van der Waals surface area contributed by atoms with Crippen LogP contribution in [0.5, 0.6) is 0 Å². The maximum absolute atomic E-state index is 13.4. The lowest BCUT2D eigenvalue weighted by Gasteiger charge is -2.18. The van der Waals surface area contributed by atoms with Gasteiger partial charge in [-0.3, -0.25) is 14.9 Å². The number of nitro benzene ring substituents is 1. The van der Waals surface area contributed by atoms with Crippen LogP contribution < -0.4 is 0 Å². The van der Waals surface area contributed by atoms with Gasteiger partial charge in [0.2, 0.25) is 5.82 Å². The van der Waals surface area contributed by atoms with E-state index in [1.165, 1.54) is 6.92 Å². The van der Waals surface area contributed by atoms with E-state index in [-0.39, 0.29) is 17.3 Å². The molecule has 2 N–H and O–H groups in total. The van der Waals surface area contributed by atoms with Gasteiger partial charge in [-0.15, -0.1) is 0 Å². The summed E-state index contributed by atoms with van der Waals surface area (Å²) in [6, 6.07) is 0.930. The van der Waals surface area contributed by atoms with Crippen molar-refractivity contribution in [1.82, 2.24) is 0 Å². The lowest BCUT2D eigenvalue weighted by Crippen LogP contribution is -2.21. The zero-order valence-electron chi connectivity index (χ0n) is 11.0. The Morgan fingerprint density at radius 1 is 1.43 bits per heavy atom. The van der Waals surface area contributed by atoms with E-state index in [4.69, 9.17) is 0 Å². The molecule has 0 amide bonds. The van der Waals surface area contributed by atoms with Crippen LogP contribution in [-0.2, 0) is 4.79 Å². The van der Waals surface area contributed by atoms with E-state index in [9.17, 15) is 33.9 Å². The minimum atomic E-state index is -1.83. The van der Waals surface area contributed by atoms with Crippen molar-refractivity contribution in [3.63, 3.8) is 0 Å². The topological polar surface area (TPSA) is 101 Å². The van der Waals surface area contributed by atoms with Crippen molar-refractivity contribution >= 4 is 22.6 Å². The highest BCUT2D eigenvalue weighted by molar-refractivity contribution is 8.13. The van der Waals surface area contributed by atoms with Gasteiger partial charge < -0.3 is 10.2 Å². The molecule has 0 saturated carbocycles. The third-order valence-electron chi connectivity index (χ3n) is 2.64. The molecule has 0 aliphatic rings. The Hall–Kier alpha value is -1.58. The number of nitrogens with zero attached hydrogens (tertiary/aromatic N) is 1. The second-order valence-electron chi connectivity index (χ2n) is 4.22. The van der Waals surface area contributed by atoms with E-state index in [0.717, 1.165) is 11.8 Å². The zero-order chi connectivity index (χ0) is 16.2. The molecule has 0 spiro atoms. The lowest BCUT2D eigenvalue weighted by molar-refractivity contribution is -0.389. The number of thioether (sulfide) groups is 1. The fourth-order valence-electron chi connectivity index (χ4n) is 1.69. The van der Waals surface area contributed by atoms with Crippen molar-refractivity contribution in [2.45, 2.75) is 25.6 Å². The van der Waals surface area contributed by atoms with E-state index in [1.54, 1.807) is 0 Å². The van der Waals surface area contributed by atoms with E-state index in [1.807, 2.05) is 0 Å². The molecule has 0 aliphatic carbocycles. The predicted octanol–water partition coefficient (Wildman–Crippen LogP) is 1.94. The number of nitro groups is 1. The Labute approximate surface area is 122 Å². The molecular weight excluding hydrogens is 308 g/mol. The summed E-state index contributed by atoms with van der Waals surface area (Å²) in [6.07, 6.45) is -3.39. The SMILES string of the molecule is CC(=O)SCCC(O)C(O)c1cc(F)cc(F)c1[N+](=O)[O-]. The van der Waals surface area contributed by atoms with Gasteiger partial charge in [-0.1, -0.05) is 11.8 Å². The molecule has 116 valence electrons. The van der Waals surface area contributed by atoms with Crippen LogP contribution in [0.1, 0.15) is 25.0 Å². The quantitative estimate of drug-likeness (QED) is 0.613. The molecule has 0 aromatic heterocycles. The van der Waals surface area contributed by atoms with Crippen molar-refractivity contribution in [3.8, 4) is 0 Å². The van der Waals surface area contributed by atoms with Crippen LogP contribution in [-0.4, -0.2) is 32.1 Å². The highest BCUT2D eigenvalue weighted by atomic mass is 32.2. The molecule has 0 radical (unpaired) electrons. The fraction of sp³-hybridized carbons (Fsp3) is 0.417. The molecule has 0 saturated heterocycles. The molecule has 0 bridgehead atoms. The molecule has 6 nitrogen and oxygen atoms in total. The Morgan fingerprint density at radius 2 is 2.05 bits per heavy atom. The number of hydrogen-bond acceptors (Lipinski definition) is 6. The van der Waals surface area contributed by atoms with Gasteiger partial charge in [0.15, 0.2) is 5.12 Å². The molecule has 0 fully saturated rings. The van der Waals surface area contributed by atoms with Crippen LogP contribution in [0.2, 0.25) is 0 Å². The third kappa shape index (κ3) is 4.73. The maximum atomic E-state index is 13.4. The number of benzene rings is 1. The summed E-state index contributed by atoms with van der Waals surface area (Å²) in [5.74, 6) is -2.36. The molecular formula is C12H13F2NO5S. The number of aliphatic hydroxyl groups excluding tert-OH is 2. The molecule has 2 atom stereocenters. The summed E-state index contributed by atoms with van der Waals surface area (Å²) in [5.41, 5.74) is -1.72. The van der Waals surface area contributed by atoms with Crippen LogP contribution in [0, 0.1) is 21.7 Å². The minimum Gasteiger partial charge on any atom is -0.390 e. The Morgan fingerprint density at radius 3 is 2.57 bits per heavy atom. The smallest absolute Gasteiger partial charge is 0.310 e. The van der Waals surface area contributed by atoms with Crippen molar-refractivity contribution in [2.24, 2.45) is 0 Å². The first kappa shape index (κ1) is 17.5. The van der Waals surface area contributed by atoms with E-state index >= 15 is 0 Å². The average Bonchev–Trinajstić information content (AvgIpc) is 2.35. The first-order chi connectivity index (χ1) is 9.73. The lowest BCUT2D eigenvalue weighted by atomic mass is 10.0. The molecule has 0 aliphatic heterocycles. The number of rotatable bonds is 6. The second kappa shape index (κ2) is 7.43. The van der Waals surface area contributed by atoms with Gasteiger partial charge in [-0.25, -0.2) is 4.39 Å². The van der Waals surface area contributed by atoms with Gasteiger partial charge in [0.1, 0.15) is 11.9 Å². The third-order valence-corrected chi connectivity index (χ3v) is 3.49. The summed E-state index contributed by atoms with van der Waals surface area (Å²) >= 11 is 0.897. The van der Waals surface area contributed by atoms with Crippen molar-refractivity contribution in [2.75, 3.05) is 5.75 Å². The Balaban J connectivity index is 2.97. The summed E-state index contributed by atoms with van der Waals surface area (Å²) in [7, 11) is 0. The predicted molar refractivity (Wildman–Crippen MR) is 71.7 cm³/mol. The molecule has 2 unspecified atom stereocenters. The van der Waals surface area contributed by atoms with Crippen molar-refractivity contribution in [3.05, 3.63) is 39.4 Å². The van der Waals surface area contributed by atoms with Gasteiger partial charge in [0, 0.05) is 18.7 Å². The number of carbonyl (C=O) groups is 1. The van der Waals surface area contributed by atoms with Crippen LogP contribution in [0.25, 0.3) is 0 Å². The largest absolute Gasteiger partial charge is 0.390 e. The second-order valence-corrected chi connectivity index (χ2v) is 5.50. The molecule has 0 heterocycles. The average molecular weight is 321 g/mol. The summed E-state index contributed by atoms with van der Waals surface area (Å²) in [4.78, 5) is 20.4. The molecule has 1 rings (SSSR count). The van der Waals surface area contributed by atoms with Crippen LogP contribution in [0.3, 0.4) is 0 Å². The summed E-state index contributed by atoms with van der Waals surface area (Å²) in [6.45, 7) is 1.32. The van der Waals surface area contributed by atoms with Gasteiger partial charge in [0.25, 0.3) is 0 Å². The molecule has 1 aromatic rings. The normalized spacial score (nSPS) is 13.8. The maximum Gasteiger partial charge on any atom is 0.310 e. The number of aliphatic hydroxyl groups is 2. The Bertz CT molecular complexity index is 555. The van der Waals surface area contributed by atoms with Gasteiger partial charge in [0.05, 0.1) is 16.6 Å². The highest BCUT2D eigenvalue weighted by Gasteiger charge is 2.30. The Kier molecular flexibility index (Phi) is 6.19. The fourth-order valence-corrected chi connectivity index (χ4v) is 2.34. The summed E-state index contributed by atoms with van der Waals surface area (Å²) in [5, 5.41) is 30.2. The van der Waals surface area contributed by atoms with Gasteiger partial charge >= 0.3 is 5.69 Å².